The van der Waals surface area contributed by atoms with E-state index in [-0.39, 0.29) is 16.3 Å². The van der Waals surface area contributed by atoms with Gasteiger partial charge < -0.3 is 14.5 Å². The molecule has 1 aromatic heterocycles. The van der Waals surface area contributed by atoms with Gasteiger partial charge >= 0.3 is 11.1 Å². The molecule has 28 heavy (non-hydrogen) atoms. The first-order chi connectivity index (χ1) is 13.0. The van der Waals surface area contributed by atoms with Gasteiger partial charge in [0.1, 0.15) is 0 Å². The highest BCUT2D eigenvalue weighted by Gasteiger charge is 2.16. The number of halogens is 1. The van der Waals surface area contributed by atoms with Crippen LogP contribution in [0.1, 0.15) is 36.7 Å². The van der Waals surface area contributed by atoms with Crippen molar-refractivity contribution in [3.8, 4) is 0 Å². The number of nitrogens with zero attached hydrogens (tertiary/aromatic N) is 2. The van der Waals surface area contributed by atoms with E-state index in [0.717, 1.165) is 5.56 Å². The van der Waals surface area contributed by atoms with Crippen LogP contribution in [0.25, 0.3) is 11.0 Å². The van der Waals surface area contributed by atoms with Gasteiger partial charge in [0.25, 0.3) is 5.91 Å². The van der Waals surface area contributed by atoms with E-state index in [1.165, 1.54) is 23.2 Å². The predicted molar refractivity (Wildman–Crippen MR) is 113 cm³/mol. The zero-order chi connectivity index (χ0) is 20.8. The number of aryl methyl sites for hydroxylation is 2. The van der Waals surface area contributed by atoms with Crippen LogP contribution < -0.4 is 16.4 Å². The Hall–Kier alpha value is -2.86. The first kappa shape index (κ1) is 19.9. The van der Waals surface area contributed by atoms with E-state index in [4.69, 9.17) is 11.6 Å². The van der Waals surface area contributed by atoms with Gasteiger partial charge in [0, 0.05) is 19.7 Å². The first-order valence-corrected chi connectivity index (χ1v) is 9.19. The van der Waals surface area contributed by atoms with Crippen LogP contribution in [-0.2, 0) is 19.5 Å². The zero-order valence-electron chi connectivity index (χ0n) is 16.5. The molecule has 0 bridgehead atoms. The van der Waals surface area contributed by atoms with Crippen molar-refractivity contribution in [3.63, 3.8) is 0 Å². The summed E-state index contributed by atoms with van der Waals surface area (Å²) in [6.07, 6.45) is 0. The van der Waals surface area contributed by atoms with Crippen molar-refractivity contribution >= 4 is 34.2 Å². The molecule has 1 amide bonds. The van der Waals surface area contributed by atoms with Gasteiger partial charge in [0.05, 0.1) is 21.7 Å². The second kappa shape index (κ2) is 6.95. The highest BCUT2D eigenvalue weighted by atomic mass is 35.5. The Kier molecular flexibility index (Phi) is 4.93. The number of hydrogen-bond acceptors (Lipinski definition) is 3. The molecule has 1 N–H and O–H groups in total. The van der Waals surface area contributed by atoms with Crippen molar-refractivity contribution in [2.24, 2.45) is 14.1 Å². The van der Waals surface area contributed by atoms with Gasteiger partial charge in [0.2, 0.25) is 0 Å². The molecule has 0 aliphatic carbocycles. The fourth-order valence-corrected chi connectivity index (χ4v) is 3.21. The van der Waals surface area contributed by atoms with Crippen molar-refractivity contribution in [1.82, 2.24) is 9.13 Å². The largest absolute Gasteiger partial charge is 0.321 e. The number of carbonyl (C=O) groups excluding carboxylic acids is 1. The molecule has 0 saturated carbocycles. The molecule has 0 atom stereocenters. The minimum Gasteiger partial charge on any atom is -0.321 e. The third kappa shape index (κ3) is 3.47. The number of hydrogen-bond donors (Lipinski definition) is 1. The van der Waals surface area contributed by atoms with Crippen molar-refractivity contribution in [3.05, 3.63) is 73.3 Å². The van der Waals surface area contributed by atoms with Crippen LogP contribution in [0.15, 0.2) is 46.0 Å². The Labute approximate surface area is 167 Å². The standard InChI is InChI=1S/C21H22ClN3O3/c1-21(2,3)13-8-6-12(7-9-13)18(26)23-15-11-17-16(10-14(15)22)24(4)19(27)20(28)25(17)5/h6-11H,1-5H3,(H,23,26). The minimum absolute atomic E-state index is 0.00259. The summed E-state index contributed by atoms with van der Waals surface area (Å²) in [5.74, 6) is -0.309. The first-order valence-electron chi connectivity index (χ1n) is 8.82. The summed E-state index contributed by atoms with van der Waals surface area (Å²) in [5, 5.41) is 3.06. The number of carbonyl (C=O) groups is 1. The van der Waals surface area contributed by atoms with Gasteiger partial charge in [-0.15, -0.1) is 0 Å². The molecule has 6 nitrogen and oxygen atoms in total. The second-order valence-corrected chi connectivity index (χ2v) is 8.24. The third-order valence-electron chi connectivity index (χ3n) is 4.84. The van der Waals surface area contributed by atoms with Crippen LogP contribution in [0.3, 0.4) is 0 Å². The van der Waals surface area contributed by atoms with Crippen LogP contribution in [0.5, 0.6) is 0 Å². The fourth-order valence-electron chi connectivity index (χ4n) is 3.01. The maximum atomic E-state index is 12.6. The number of aromatic nitrogens is 2. The lowest BCUT2D eigenvalue weighted by atomic mass is 9.87. The number of fused-ring (bicyclic) bond motifs is 1. The lowest BCUT2D eigenvalue weighted by Crippen LogP contribution is -2.39. The van der Waals surface area contributed by atoms with Crippen molar-refractivity contribution < 1.29 is 4.79 Å². The summed E-state index contributed by atoms with van der Waals surface area (Å²) in [4.78, 5) is 36.7. The van der Waals surface area contributed by atoms with E-state index < -0.39 is 11.1 Å². The minimum atomic E-state index is -0.646. The van der Waals surface area contributed by atoms with E-state index in [0.29, 0.717) is 22.3 Å². The van der Waals surface area contributed by atoms with E-state index in [1.807, 2.05) is 12.1 Å². The average Bonchev–Trinajstić information content (AvgIpc) is 2.65. The van der Waals surface area contributed by atoms with E-state index in [2.05, 4.69) is 26.1 Å². The molecule has 3 rings (SSSR count). The normalized spacial score (nSPS) is 11.6. The summed E-state index contributed by atoms with van der Waals surface area (Å²) < 4.78 is 2.50. The van der Waals surface area contributed by atoms with E-state index >= 15 is 0 Å². The van der Waals surface area contributed by atoms with Gasteiger partial charge in [-0.1, -0.05) is 44.5 Å². The molecule has 0 radical (unpaired) electrons. The van der Waals surface area contributed by atoms with Crippen LogP contribution in [0.4, 0.5) is 5.69 Å². The molecular weight excluding hydrogens is 378 g/mol. The maximum absolute atomic E-state index is 12.6. The van der Waals surface area contributed by atoms with E-state index in [9.17, 15) is 14.4 Å². The Morgan fingerprint density at radius 2 is 1.43 bits per heavy atom. The number of amides is 1. The van der Waals surface area contributed by atoms with Crippen molar-refractivity contribution in [1.29, 1.82) is 0 Å². The highest BCUT2D eigenvalue weighted by molar-refractivity contribution is 6.34. The molecule has 1 heterocycles. The Balaban J connectivity index is 2.00. The molecule has 0 saturated heterocycles. The van der Waals surface area contributed by atoms with Gasteiger partial charge in [-0.25, -0.2) is 0 Å². The summed E-state index contributed by atoms with van der Waals surface area (Å²) in [5.41, 5.74) is 1.71. The predicted octanol–water partition coefficient (Wildman–Crippen LogP) is 3.44. The number of anilines is 1. The molecule has 3 aromatic rings. The third-order valence-corrected chi connectivity index (χ3v) is 5.15. The van der Waals surface area contributed by atoms with Crippen molar-refractivity contribution in [2.75, 3.05) is 5.32 Å². The Morgan fingerprint density at radius 1 is 0.929 bits per heavy atom. The fraction of sp³-hybridized carbons (Fsp3) is 0.286. The molecule has 0 fully saturated rings. The van der Waals surface area contributed by atoms with Gasteiger partial charge in [-0.3, -0.25) is 14.4 Å². The SMILES string of the molecule is Cn1c(=O)c(=O)n(C)c2cc(NC(=O)c3ccc(C(C)(C)C)cc3)c(Cl)cc21. The maximum Gasteiger partial charge on any atom is 0.316 e. The monoisotopic (exact) mass is 399 g/mol. The summed E-state index contributed by atoms with van der Waals surface area (Å²) >= 11 is 6.32. The molecule has 0 spiro atoms. The smallest absolute Gasteiger partial charge is 0.316 e. The number of benzene rings is 2. The zero-order valence-corrected chi connectivity index (χ0v) is 17.2. The summed E-state index contributed by atoms with van der Waals surface area (Å²) in [7, 11) is 3.02. The average molecular weight is 400 g/mol. The van der Waals surface area contributed by atoms with Crippen LogP contribution in [0, 0.1) is 0 Å². The lowest BCUT2D eigenvalue weighted by Gasteiger charge is -2.19. The second-order valence-electron chi connectivity index (χ2n) is 7.83. The molecule has 7 heteroatoms. The summed E-state index contributed by atoms with van der Waals surface area (Å²) in [6, 6.07) is 10.6. The van der Waals surface area contributed by atoms with Crippen LogP contribution in [0.2, 0.25) is 5.02 Å². The van der Waals surface area contributed by atoms with Crippen LogP contribution >= 0.6 is 11.6 Å². The number of nitrogens with one attached hydrogen (secondary N) is 1. The molecule has 2 aromatic carbocycles. The molecule has 0 unspecified atom stereocenters. The van der Waals surface area contributed by atoms with Gasteiger partial charge in [0.15, 0.2) is 0 Å². The Bertz CT molecular complexity index is 1200. The van der Waals surface area contributed by atoms with Crippen LogP contribution in [-0.4, -0.2) is 15.0 Å². The lowest BCUT2D eigenvalue weighted by molar-refractivity contribution is 0.102. The van der Waals surface area contributed by atoms with E-state index in [1.54, 1.807) is 24.3 Å². The molecule has 0 aliphatic rings. The molecule has 146 valence electrons. The molecular formula is C21H22ClN3O3. The Morgan fingerprint density at radius 3 is 1.93 bits per heavy atom. The molecule has 0 aliphatic heterocycles. The topological polar surface area (TPSA) is 73.1 Å². The number of rotatable bonds is 2. The van der Waals surface area contributed by atoms with Crippen molar-refractivity contribution in [2.45, 2.75) is 26.2 Å². The highest BCUT2D eigenvalue weighted by Crippen LogP contribution is 2.28. The summed E-state index contributed by atoms with van der Waals surface area (Å²) in [6.45, 7) is 6.32. The van der Waals surface area contributed by atoms with Gasteiger partial charge in [-0.05, 0) is 35.2 Å². The quantitative estimate of drug-likeness (QED) is 0.671. The van der Waals surface area contributed by atoms with Gasteiger partial charge in [-0.2, -0.15) is 0 Å².